The van der Waals surface area contributed by atoms with Crippen molar-refractivity contribution in [1.82, 2.24) is 10.2 Å². The van der Waals surface area contributed by atoms with E-state index < -0.39 is 0 Å². The molecule has 5 heteroatoms. The largest absolute Gasteiger partial charge is 0.378 e. The summed E-state index contributed by atoms with van der Waals surface area (Å²) in [6, 6.07) is 0. The summed E-state index contributed by atoms with van der Waals surface area (Å²) in [5.74, 6) is 0.725. The Labute approximate surface area is 105 Å². The number of alkyl halides is 1. The molecule has 1 unspecified atom stereocenters. The Morgan fingerprint density at radius 3 is 2.81 bits per heavy atom. The van der Waals surface area contributed by atoms with Gasteiger partial charge in [0.05, 0.1) is 11.5 Å². The van der Waals surface area contributed by atoms with Gasteiger partial charge in [-0.15, -0.1) is 21.8 Å². The fraction of sp³-hybridized carbons (Fsp3) is 0.818. The van der Waals surface area contributed by atoms with Crippen molar-refractivity contribution in [2.24, 2.45) is 5.92 Å². The third-order valence-corrected chi connectivity index (χ3v) is 4.35. The quantitative estimate of drug-likeness (QED) is 0.763. The van der Waals surface area contributed by atoms with Crippen LogP contribution in [0.25, 0.3) is 0 Å². The number of halogens is 1. The Kier molecular flexibility index (Phi) is 4.16. The van der Waals surface area contributed by atoms with Crippen LogP contribution >= 0.6 is 22.9 Å². The Bertz CT molecular complexity index is 336. The molecule has 1 aromatic rings. The number of aromatic nitrogens is 2. The number of hydrogen-bond acceptors (Lipinski definition) is 4. The molecule has 16 heavy (non-hydrogen) atoms. The van der Waals surface area contributed by atoms with Crippen LogP contribution in [0.4, 0.5) is 0 Å². The average Bonchev–Trinajstić information content (AvgIpc) is 2.63. The molecule has 2 rings (SSSR count). The minimum absolute atomic E-state index is 0.0242. The summed E-state index contributed by atoms with van der Waals surface area (Å²) in [6.45, 7) is 4.80. The van der Waals surface area contributed by atoms with E-state index in [4.69, 9.17) is 16.3 Å². The fourth-order valence-corrected chi connectivity index (χ4v) is 3.03. The van der Waals surface area contributed by atoms with Crippen LogP contribution in [0.1, 0.15) is 42.1 Å². The van der Waals surface area contributed by atoms with Crippen LogP contribution < -0.4 is 0 Å². The highest BCUT2D eigenvalue weighted by Gasteiger charge is 2.30. The lowest BCUT2D eigenvalue weighted by atomic mass is 9.80. The Balaban J connectivity index is 1.78. The Hall–Kier alpha value is -0.190. The average molecular weight is 261 g/mol. The normalized spacial score (nSPS) is 26.4. The van der Waals surface area contributed by atoms with Crippen LogP contribution in [0.15, 0.2) is 0 Å². The summed E-state index contributed by atoms with van der Waals surface area (Å²) in [4.78, 5) is 0. The molecule has 3 nitrogen and oxygen atoms in total. The first-order valence-electron chi connectivity index (χ1n) is 5.77. The van der Waals surface area contributed by atoms with Gasteiger partial charge in [0, 0.05) is 13.0 Å². The van der Waals surface area contributed by atoms with Crippen LogP contribution in [0, 0.1) is 5.92 Å². The molecule has 0 N–H and O–H groups in total. The first-order valence-corrected chi connectivity index (χ1v) is 7.02. The molecule has 1 fully saturated rings. The Morgan fingerprint density at radius 2 is 2.25 bits per heavy atom. The molecule has 1 atom stereocenters. The molecular weight excluding hydrogens is 244 g/mol. The monoisotopic (exact) mass is 260 g/mol. The van der Waals surface area contributed by atoms with Crippen LogP contribution in [-0.4, -0.2) is 22.9 Å². The maximum Gasteiger partial charge on any atom is 0.135 e. The zero-order chi connectivity index (χ0) is 11.5. The molecule has 1 aliphatic rings. The highest BCUT2D eigenvalue weighted by molar-refractivity contribution is 7.11. The highest BCUT2D eigenvalue weighted by Crippen LogP contribution is 2.34. The van der Waals surface area contributed by atoms with E-state index in [1.807, 2.05) is 13.8 Å². The summed E-state index contributed by atoms with van der Waals surface area (Å²) in [7, 11) is 0. The van der Waals surface area contributed by atoms with E-state index in [2.05, 4.69) is 10.2 Å². The van der Waals surface area contributed by atoms with Crippen molar-refractivity contribution in [2.45, 2.75) is 44.6 Å². The smallest absolute Gasteiger partial charge is 0.135 e. The molecule has 1 saturated carbocycles. The van der Waals surface area contributed by atoms with Crippen molar-refractivity contribution in [3.63, 3.8) is 0 Å². The molecule has 0 saturated heterocycles. The van der Waals surface area contributed by atoms with Crippen molar-refractivity contribution >= 4 is 22.9 Å². The van der Waals surface area contributed by atoms with E-state index >= 15 is 0 Å². The topological polar surface area (TPSA) is 35.0 Å². The zero-order valence-corrected chi connectivity index (χ0v) is 11.2. The van der Waals surface area contributed by atoms with Gasteiger partial charge in [-0.25, -0.2) is 0 Å². The second-order valence-electron chi connectivity index (χ2n) is 4.27. The molecular formula is C11H17ClN2OS. The highest BCUT2D eigenvalue weighted by atomic mass is 35.5. The van der Waals surface area contributed by atoms with Gasteiger partial charge in [0.1, 0.15) is 10.0 Å². The maximum atomic E-state index is 5.95. The van der Waals surface area contributed by atoms with Crippen LogP contribution in [0.3, 0.4) is 0 Å². The second kappa shape index (κ2) is 5.43. The van der Waals surface area contributed by atoms with Gasteiger partial charge in [-0.05, 0) is 32.6 Å². The molecule has 0 radical (unpaired) electrons. The second-order valence-corrected chi connectivity index (χ2v) is 6.02. The van der Waals surface area contributed by atoms with Crippen LogP contribution in [-0.2, 0) is 11.2 Å². The fourth-order valence-electron chi connectivity index (χ4n) is 1.97. The van der Waals surface area contributed by atoms with Crippen molar-refractivity contribution in [3.05, 3.63) is 10.0 Å². The van der Waals surface area contributed by atoms with Gasteiger partial charge >= 0.3 is 0 Å². The molecule has 0 spiro atoms. The lowest BCUT2D eigenvalue weighted by Gasteiger charge is -2.34. The lowest BCUT2D eigenvalue weighted by Crippen LogP contribution is -2.32. The van der Waals surface area contributed by atoms with Crippen molar-refractivity contribution < 1.29 is 4.74 Å². The van der Waals surface area contributed by atoms with E-state index in [-0.39, 0.29) is 5.38 Å². The minimum atomic E-state index is -0.0242. The standard InChI is InChI=1S/C11H17ClN2OS/c1-3-15-9-4-8(5-9)6-10-13-14-11(16-10)7(2)12/h7-9H,3-6H2,1-2H3. The summed E-state index contributed by atoms with van der Waals surface area (Å²) < 4.78 is 5.54. The number of hydrogen-bond donors (Lipinski definition) is 0. The molecule has 0 aliphatic heterocycles. The number of ether oxygens (including phenoxy) is 1. The van der Waals surface area contributed by atoms with Crippen LogP contribution in [0.5, 0.6) is 0 Å². The van der Waals surface area contributed by atoms with E-state index in [9.17, 15) is 0 Å². The summed E-state index contributed by atoms with van der Waals surface area (Å²) in [5.41, 5.74) is 0. The van der Waals surface area contributed by atoms with E-state index in [1.54, 1.807) is 11.3 Å². The maximum absolute atomic E-state index is 5.95. The number of nitrogens with zero attached hydrogens (tertiary/aromatic N) is 2. The predicted molar refractivity (Wildman–Crippen MR) is 66.0 cm³/mol. The predicted octanol–water partition coefficient (Wildman–Crippen LogP) is 3.20. The van der Waals surface area contributed by atoms with E-state index in [1.165, 1.54) is 12.8 Å². The third kappa shape index (κ3) is 2.93. The van der Waals surface area contributed by atoms with Gasteiger partial charge in [-0.2, -0.15) is 0 Å². The van der Waals surface area contributed by atoms with E-state index in [0.717, 1.165) is 29.0 Å². The molecule has 90 valence electrons. The molecule has 1 heterocycles. The molecule has 0 amide bonds. The van der Waals surface area contributed by atoms with Crippen molar-refractivity contribution in [1.29, 1.82) is 0 Å². The first-order chi connectivity index (χ1) is 7.69. The summed E-state index contributed by atoms with van der Waals surface area (Å²) in [5, 5.41) is 10.3. The van der Waals surface area contributed by atoms with Gasteiger partial charge in [-0.3, -0.25) is 0 Å². The van der Waals surface area contributed by atoms with Crippen molar-refractivity contribution in [2.75, 3.05) is 6.61 Å². The van der Waals surface area contributed by atoms with Gasteiger partial charge in [0.25, 0.3) is 0 Å². The molecule has 0 bridgehead atoms. The van der Waals surface area contributed by atoms with Gasteiger partial charge in [-0.1, -0.05) is 11.3 Å². The molecule has 1 aliphatic carbocycles. The third-order valence-electron chi connectivity index (χ3n) is 2.88. The molecule has 0 aromatic carbocycles. The zero-order valence-electron chi connectivity index (χ0n) is 9.65. The van der Waals surface area contributed by atoms with Crippen molar-refractivity contribution in [3.8, 4) is 0 Å². The first kappa shape index (κ1) is 12.3. The van der Waals surface area contributed by atoms with Crippen LogP contribution in [0.2, 0.25) is 0 Å². The summed E-state index contributed by atoms with van der Waals surface area (Å²) >= 11 is 7.59. The SMILES string of the molecule is CCOC1CC(Cc2nnc(C(C)Cl)s2)C1. The number of rotatable bonds is 5. The van der Waals surface area contributed by atoms with Gasteiger partial charge < -0.3 is 4.74 Å². The molecule has 1 aromatic heterocycles. The minimum Gasteiger partial charge on any atom is -0.378 e. The van der Waals surface area contributed by atoms with Gasteiger partial charge in [0.2, 0.25) is 0 Å². The van der Waals surface area contributed by atoms with Gasteiger partial charge in [0.15, 0.2) is 0 Å². The van der Waals surface area contributed by atoms with E-state index in [0.29, 0.717) is 6.10 Å². The summed E-state index contributed by atoms with van der Waals surface area (Å²) in [6.07, 6.45) is 3.85. The lowest BCUT2D eigenvalue weighted by molar-refractivity contribution is -0.0240. The Morgan fingerprint density at radius 1 is 1.50 bits per heavy atom.